The highest BCUT2D eigenvalue weighted by Gasteiger charge is 2.26. The third-order valence-corrected chi connectivity index (χ3v) is 2.99. The summed E-state index contributed by atoms with van der Waals surface area (Å²) < 4.78 is 35.4. The van der Waals surface area contributed by atoms with Crippen molar-refractivity contribution in [1.82, 2.24) is 5.32 Å². The van der Waals surface area contributed by atoms with Gasteiger partial charge in [0.2, 0.25) is 0 Å². The smallest absolute Gasteiger partial charge is 0.308 e. The molecule has 15 heavy (non-hydrogen) atoms. The van der Waals surface area contributed by atoms with Crippen LogP contribution in [0.5, 0.6) is 0 Å². The number of alkyl halides is 3. The Morgan fingerprint density at radius 3 is 2.53 bits per heavy atom. The molecular weight excluding hydrogens is 223 g/mol. The largest absolute Gasteiger partial charge is 0.401 e. The second kappa shape index (κ2) is 8.28. The van der Waals surface area contributed by atoms with Crippen molar-refractivity contribution in [3.63, 3.8) is 0 Å². The third kappa shape index (κ3) is 12.0. The molecule has 0 aliphatic heterocycles. The highest BCUT2D eigenvalue weighted by Crippen LogP contribution is 2.13. The quantitative estimate of drug-likeness (QED) is 0.656. The Balaban J connectivity index is 3.29. The van der Waals surface area contributed by atoms with Crippen LogP contribution in [0.1, 0.15) is 26.7 Å². The molecule has 1 atom stereocenters. The summed E-state index contributed by atoms with van der Waals surface area (Å²) in [6.07, 6.45) is -2.00. The van der Waals surface area contributed by atoms with Crippen molar-refractivity contribution < 1.29 is 13.2 Å². The van der Waals surface area contributed by atoms with E-state index in [0.717, 1.165) is 24.3 Å². The van der Waals surface area contributed by atoms with Gasteiger partial charge in [-0.1, -0.05) is 13.8 Å². The highest BCUT2D eigenvalue weighted by atomic mass is 32.2. The average molecular weight is 243 g/mol. The van der Waals surface area contributed by atoms with Gasteiger partial charge in [-0.15, -0.1) is 0 Å². The van der Waals surface area contributed by atoms with Crippen LogP contribution in [-0.2, 0) is 0 Å². The number of rotatable bonds is 8. The predicted octanol–water partition coefficient (Wildman–Crippen LogP) is 3.31. The van der Waals surface area contributed by atoms with Gasteiger partial charge < -0.3 is 5.32 Å². The molecule has 0 aromatic heterocycles. The summed E-state index contributed by atoms with van der Waals surface area (Å²) in [5.41, 5.74) is 0. The van der Waals surface area contributed by atoms with Gasteiger partial charge in [-0.05, 0) is 36.8 Å². The number of thioether (sulfide) groups is 1. The summed E-state index contributed by atoms with van der Waals surface area (Å²) >= 11 is 1.88. The van der Waals surface area contributed by atoms with E-state index in [1.165, 1.54) is 0 Å². The van der Waals surface area contributed by atoms with E-state index in [1.54, 1.807) is 0 Å². The molecule has 1 unspecified atom stereocenters. The van der Waals surface area contributed by atoms with Crippen LogP contribution in [0.3, 0.4) is 0 Å². The fourth-order valence-corrected chi connectivity index (χ4v) is 1.90. The van der Waals surface area contributed by atoms with Gasteiger partial charge in [0.15, 0.2) is 0 Å². The van der Waals surface area contributed by atoms with Crippen molar-refractivity contribution in [3.05, 3.63) is 0 Å². The molecule has 0 aliphatic carbocycles. The van der Waals surface area contributed by atoms with Crippen LogP contribution >= 0.6 is 11.8 Å². The number of nitrogens with one attached hydrogen (secondary N) is 1. The van der Waals surface area contributed by atoms with E-state index in [9.17, 15) is 13.2 Å². The zero-order valence-electron chi connectivity index (χ0n) is 9.36. The summed E-state index contributed by atoms with van der Waals surface area (Å²) in [5.74, 6) is 2.55. The van der Waals surface area contributed by atoms with Crippen LogP contribution in [0, 0.1) is 5.92 Å². The molecule has 0 spiro atoms. The summed E-state index contributed by atoms with van der Waals surface area (Å²) in [4.78, 5) is 0. The maximum atomic E-state index is 11.8. The van der Waals surface area contributed by atoms with E-state index >= 15 is 0 Å². The van der Waals surface area contributed by atoms with E-state index < -0.39 is 12.7 Å². The van der Waals surface area contributed by atoms with Gasteiger partial charge in [-0.2, -0.15) is 24.9 Å². The summed E-state index contributed by atoms with van der Waals surface area (Å²) in [7, 11) is 0. The van der Waals surface area contributed by atoms with Crippen molar-refractivity contribution in [2.24, 2.45) is 5.92 Å². The maximum Gasteiger partial charge on any atom is 0.401 e. The van der Waals surface area contributed by atoms with Crippen LogP contribution in [0.4, 0.5) is 13.2 Å². The van der Waals surface area contributed by atoms with E-state index in [1.807, 2.05) is 18.7 Å². The Kier molecular flexibility index (Phi) is 8.33. The van der Waals surface area contributed by atoms with E-state index in [2.05, 4.69) is 12.2 Å². The topological polar surface area (TPSA) is 12.0 Å². The fourth-order valence-electron chi connectivity index (χ4n) is 1.24. The lowest BCUT2D eigenvalue weighted by molar-refractivity contribution is -0.125. The predicted molar refractivity (Wildman–Crippen MR) is 60.3 cm³/mol. The second-order valence-corrected chi connectivity index (χ2v) is 5.08. The fraction of sp³-hybridized carbons (Fsp3) is 1.00. The summed E-state index contributed by atoms with van der Waals surface area (Å²) in [6, 6.07) is 0. The number of hydrogen-bond acceptors (Lipinski definition) is 2. The average Bonchev–Trinajstić information content (AvgIpc) is 2.10. The van der Waals surface area contributed by atoms with Crippen molar-refractivity contribution in [2.45, 2.75) is 32.9 Å². The Morgan fingerprint density at radius 2 is 2.00 bits per heavy atom. The molecule has 92 valence electrons. The molecule has 0 aliphatic rings. The molecule has 0 rings (SSSR count). The van der Waals surface area contributed by atoms with Crippen LogP contribution in [0.25, 0.3) is 0 Å². The van der Waals surface area contributed by atoms with Crippen LogP contribution in [0.2, 0.25) is 0 Å². The maximum absolute atomic E-state index is 11.8. The summed E-state index contributed by atoms with van der Waals surface area (Å²) in [6.45, 7) is 3.68. The second-order valence-electron chi connectivity index (χ2n) is 3.69. The number of halogens is 3. The van der Waals surface area contributed by atoms with Gasteiger partial charge in [0.05, 0.1) is 6.54 Å². The first-order valence-corrected chi connectivity index (χ1v) is 6.46. The lowest BCUT2D eigenvalue weighted by Gasteiger charge is -2.13. The Hall–Kier alpha value is 0.100. The van der Waals surface area contributed by atoms with E-state index in [4.69, 9.17) is 0 Å². The van der Waals surface area contributed by atoms with Gasteiger partial charge in [0, 0.05) is 0 Å². The zero-order valence-corrected chi connectivity index (χ0v) is 10.2. The van der Waals surface area contributed by atoms with E-state index in [-0.39, 0.29) is 0 Å². The first kappa shape index (κ1) is 15.1. The monoisotopic (exact) mass is 243 g/mol. The molecule has 0 fully saturated rings. The summed E-state index contributed by atoms with van der Waals surface area (Å²) in [5, 5.41) is 2.43. The van der Waals surface area contributed by atoms with Gasteiger partial charge in [0.1, 0.15) is 0 Å². The SMILES string of the molecule is CCSCCCC(C)CNCC(F)(F)F. The highest BCUT2D eigenvalue weighted by molar-refractivity contribution is 7.99. The standard InChI is InChI=1S/C10H20F3NS/c1-3-15-6-4-5-9(2)7-14-8-10(11,12)13/h9,14H,3-8H2,1-2H3. The van der Waals surface area contributed by atoms with Gasteiger partial charge >= 0.3 is 6.18 Å². The molecular formula is C10H20F3NS. The van der Waals surface area contributed by atoms with Gasteiger partial charge in [-0.25, -0.2) is 0 Å². The molecule has 5 heteroatoms. The zero-order chi connectivity index (χ0) is 11.7. The van der Waals surface area contributed by atoms with Gasteiger partial charge in [0.25, 0.3) is 0 Å². The molecule has 0 aromatic rings. The minimum absolute atomic E-state index is 0.324. The minimum atomic E-state index is -4.09. The first-order chi connectivity index (χ1) is 6.95. The van der Waals surface area contributed by atoms with Crippen molar-refractivity contribution in [2.75, 3.05) is 24.6 Å². The first-order valence-electron chi connectivity index (χ1n) is 5.31. The molecule has 0 saturated carbocycles. The number of hydrogen-bond donors (Lipinski definition) is 1. The molecule has 0 bridgehead atoms. The molecule has 0 aromatic carbocycles. The molecule has 0 radical (unpaired) electrons. The Morgan fingerprint density at radius 1 is 1.33 bits per heavy atom. The van der Waals surface area contributed by atoms with Crippen molar-refractivity contribution >= 4 is 11.8 Å². The molecule has 1 N–H and O–H groups in total. The van der Waals surface area contributed by atoms with Crippen molar-refractivity contribution in [1.29, 1.82) is 0 Å². The van der Waals surface area contributed by atoms with Crippen LogP contribution < -0.4 is 5.32 Å². The molecule has 0 heterocycles. The Bertz CT molecular complexity index is 150. The van der Waals surface area contributed by atoms with Crippen LogP contribution in [0.15, 0.2) is 0 Å². The lowest BCUT2D eigenvalue weighted by Crippen LogP contribution is -2.31. The minimum Gasteiger partial charge on any atom is -0.308 e. The van der Waals surface area contributed by atoms with Gasteiger partial charge in [-0.3, -0.25) is 0 Å². The van der Waals surface area contributed by atoms with E-state index in [0.29, 0.717) is 12.5 Å². The van der Waals surface area contributed by atoms with Crippen LogP contribution in [-0.4, -0.2) is 30.8 Å². The molecule has 0 amide bonds. The molecule has 1 nitrogen and oxygen atoms in total. The normalized spacial score (nSPS) is 14.2. The lowest BCUT2D eigenvalue weighted by atomic mass is 10.1. The third-order valence-electron chi connectivity index (χ3n) is 2.01. The van der Waals surface area contributed by atoms with Crippen molar-refractivity contribution in [3.8, 4) is 0 Å². The molecule has 0 saturated heterocycles. The Labute approximate surface area is 94.2 Å².